The molecule has 0 bridgehead atoms. The van der Waals surface area contributed by atoms with Gasteiger partial charge in [0.25, 0.3) is 0 Å². The number of nitrogens with two attached hydrogens (primary N) is 4. The minimum absolute atomic E-state index is 0.0256. The van der Waals surface area contributed by atoms with Gasteiger partial charge in [-0.15, -0.1) is 0 Å². The number of unbranched alkanes of at least 4 members (excludes halogenated alkanes) is 2. The highest BCUT2D eigenvalue weighted by molar-refractivity contribution is 5.73. The van der Waals surface area contributed by atoms with E-state index < -0.39 is 407 Å². The van der Waals surface area contributed by atoms with Crippen LogP contribution >= 0.6 is 0 Å². The number of rotatable bonds is 42. The molecule has 12 rings (SSSR count). The average molecular weight is 2060 g/mol. The van der Waals surface area contributed by atoms with Crippen molar-refractivity contribution in [1.82, 2.24) is 21.3 Å². The maximum atomic E-state index is 13.2. The number of phenols is 4. The molecule has 0 spiro atoms. The van der Waals surface area contributed by atoms with Crippen LogP contribution < -0.4 is 44.2 Å². The van der Waals surface area contributed by atoms with Gasteiger partial charge in [0.2, 0.25) is 11.8 Å². The smallest absolute Gasteiger partial charge is 0.217 e. The molecule has 2 aromatic rings. The summed E-state index contributed by atoms with van der Waals surface area (Å²) in [6.07, 6.45) is -62.1. The summed E-state index contributed by atoms with van der Waals surface area (Å²) in [5, 5.41) is 283. The topological polar surface area (TPSA) is 881 Å². The van der Waals surface area contributed by atoms with Gasteiger partial charge in [0, 0.05) is 53.0 Å². The van der Waals surface area contributed by atoms with E-state index in [0.717, 1.165) is 13.8 Å². The zero-order valence-electron chi connectivity index (χ0n) is 79.0. The molecular weight excluding hydrogens is 1920 g/mol. The first-order valence-electron chi connectivity index (χ1n) is 47.1. The molecule has 10 saturated heterocycles. The number of methoxy groups -OCH3 is 2. The van der Waals surface area contributed by atoms with E-state index in [-0.39, 0.29) is 43.5 Å². The van der Waals surface area contributed by atoms with Crippen molar-refractivity contribution in [2.45, 2.75) is 354 Å². The maximum Gasteiger partial charge on any atom is 0.217 e. The number of aliphatic imine (C=N–C) groups is 2. The van der Waals surface area contributed by atoms with E-state index in [4.69, 9.17) is 128 Å². The average Bonchev–Trinajstić information content (AvgIpc) is 0.757. The molecule has 10 fully saturated rings. The molecule has 816 valence electrons. The van der Waals surface area contributed by atoms with Gasteiger partial charge in [0.1, 0.15) is 171 Å². The fourth-order valence-corrected chi connectivity index (χ4v) is 19.2. The van der Waals surface area contributed by atoms with Gasteiger partial charge < -0.3 is 261 Å². The number of aliphatic hydroxyl groups excluding tert-OH is 20. The van der Waals surface area contributed by atoms with Crippen molar-refractivity contribution >= 4 is 24.2 Å². The van der Waals surface area contributed by atoms with Gasteiger partial charge in [0.05, 0.1) is 127 Å². The summed E-state index contributed by atoms with van der Waals surface area (Å²) in [6.45, 7) is -4.23. The Balaban J connectivity index is 0.863. The van der Waals surface area contributed by atoms with E-state index in [0.29, 0.717) is 0 Å². The molecule has 56 nitrogen and oxygen atoms in total. The molecule has 143 heavy (non-hydrogen) atoms. The third-order valence-corrected chi connectivity index (χ3v) is 27.4. The summed E-state index contributed by atoms with van der Waals surface area (Å²) < 4.78 is 123. The second-order valence-electron chi connectivity index (χ2n) is 37.0. The highest BCUT2D eigenvalue weighted by Gasteiger charge is 2.61. The van der Waals surface area contributed by atoms with Gasteiger partial charge >= 0.3 is 0 Å². The SMILES string of the molecule is COC1OC(CO)[C@@H](O[C@@H]2O[C@@H](CO)[C@@H](OC3OC(CO)[C@@H](O[C@@H]4O[C@@H](CO)[C@@H](OC5OC(CO)[C@@H](C)C(O)[C@@H]5N)C(O)C4NCc4ccc(O)c(O)c4)C(O)[C@@H]3N=CCCCC=NC3C(O)[C@H](OC4OC(CO)[C@@H](O[C@@H]5O[C@@H](CO)[C@@H](C)C(O)C5N)C(O)[C@@H]4NC(C)=O)[C@H](CO)O[C@H]3O[C@@H]3C(CO)OC(O[C@H]4C(O)C(N)[C@H](OC)O[C@H]4CO)[C@@H](NCc4ccc(O)c(O)c4)C3O)C(O)C2N)C(O)[C@@H]1NC(C)=O. The second kappa shape index (κ2) is 52.7. The number of hydrogen-bond donors (Lipinski definition) is 32. The lowest BCUT2D eigenvalue weighted by Gasteiger charge is -2.51. The number of nitrogens with one attached hydrogen (secondary N) is 4. The van der Waals surface area contributed by atoms with Crippen molar-refractivity contribution in [3.8, 4) is 23.0 Å². The molecular formula is C87H142N10O46. The maximum absolute atomic E-state index is 13.2. The molecule has 0 aliphatic carbocycles. The van der Waals surface area contributed by atoms with Crippen LogP contribution in [0, 0.1) is 11.8 Å². The van der Waals surface area contributed by atoms with Gasteiger partial charge in [-0.25, -0.2) is 0 Å². The highest BCUT2D eigenvalue weighted by Crippen LogP contribution is 2.42. The number of amides is 2. The summed E-state index contributed by atoms with van der Waals surface area (Å²) in [4.78, 5) is 34.9. The molecule has 2 aromatic carbocycles. The van der Waals surface area contributed by atoms with Crippen LogP contribution in [0.1, 0.15) is 58.1 Å². The van der Waals surface area contributed by atoms with Gasteiger partial charge in [-0.3, -0.25) is 19.6 Å². The lowest BCUT2D eigenvalue weighted by Crippen LogP contribution is -2.70. The van der Waals surface area contributed by atoms with Crippen LogP contribution in [0.15, 0.2) is 46.4 Å². The van der Waals surface area contributed by atoms with Crippen LogP contribution in [0.4, 0.5) is 0 Å². The lowest BCUT2D eigenvalue weighted by molar-refractivity contribution is -0.365. The Morgan fingerprint density at radius 1 is 0.322 bits per heavy atom. The normalized spacial score (nSPS) is 44.3. The molecule has 0 aromatic heterocycles. The van der Waals surface area contributed by atoms with Gasteiger partial charge in [0.15, 0.2) is 85.9 Å². The first-order valence-corrected chi connectivity index (χ1v) is 47.1. The van der Waals surface area contributed by atoms with E-state index in [2.05, 4.69) is 21.3 Å². The molecule has 0 radical (unpaired) electrons. The van der Waals surface area contributed by atoms with Crippen LogP contribution in [0.3, 0.4) is 0 Å². The summed E-state index contributed by atoms with van der Waals surface area (Å²) in [5.74, 6) is -4.99. The van der Waals surface area contributed by atoms with Crippen molar-refractivity contribution in [2.24, 2.45) is 44.8 Å². The largest absolute Gasteiger partial charge is 0.504 e. The Labute approximate surface area is 819 Å². The third-order valence-electron chi connectivity index (χ3n) is 27.4. The van der Waals surface area contributed by atoms with Crippen LogP contribution in [0.5, 0.6) is 23.0 Å². The number of aliphatic hydroxyl groups is 20. The Morgan fingerprint density at radius 2 is 0.566 bits per heavy atom. The Bertz CT molecular complexity index is 4300. The summed E-state index contributed by atoms with van der Waals surface area (Å²) in [6, 6.07) is -8.08. The summed E-state index contributed by atoms with van der Waals surface area (Å²) >= 11 is 0. The fourth-order valence-electron chi connectivity index (χ4n) is 19.2. The summed E-state index contributed by atoms with van der Waals surface area (Å²) in [5.41, 5.74) is 26.3. The molecule has 56 heteroatoms. The van der Waals surface area contributed by atoms with E-state index in [9.17, 15) is 132 Å². The second-order valence-corrected chi connectivity index (χ2v) is 37.0. The first kappa shape index (κ1) is 116. The number of benzene rings is 2. The number of hydrogen-bond acceptors (Lipinski definition) is 54. The number of ether oxygens (including phenoxy) is 20. The predicted octanol–water partition coefficient (Wildman–Crippen LogP) is -15.1. The standard InChI is InChI=1S/C87H142N10O46/c1-30-40(20-98)126-79(50(88)60(30)114)136-72-45(25-103)133-86(56(66(72)120)94-18-34-10-12-36(110)38(112)16-34)142-73-46(26-104)131-83(139-71-43(23-101)129-81(53(91)63(71)117)138-76-44(24-102)130-82(125-6)58(68(76)122)96-32(3)108)54(64(73)118)92-14-8-7-9-15-93-55-65(119)74(143-87-59(97-33(4)109)69(123)77(49(29-107)135-87)137-80-51(89)61(115)31(2)41(21-99)127-80)47(27-105)132-84(55)141-75-48(28-106)134-85(140-70-42(22-100)128-78(124-5)52(90)62(70)116)57(67(75)121)95-19-35-11-13-37(111)39(113)17-35/h10-17,30-31,40-87,94-95,98-107,110-123H,7-9,18-29,88-91H2,1-6H3,(H,96,108)(H,97,109)/t30-,31-,40?,41+,42+,43+,44?,45+,46?,47+,48?,49?,50+,51?,52?,53?,54+,55?,56?,57+,58+,59+,60?,61?,62?,63?,64?,65?,66?,67?,68?,69?,70-,71-,72-,73-,74-,75-,76-,77-,78-,79?,80+,81+,82?,83?,84+,85?,86+,87?/m1/s1. The van der Waals surface area contributed by atoms with Gasteiger partial charge in [-0.05, 0) is 67.1 Å². The Hall–Kier alpha value is -5.92. The monoisotopic (exact) mass is 2060 g/mol. The van der Waals surface area contributed by atoms with Crippen molar-refractivity contribution < 1.29 is 227 Å². The van der Waals surface area contributed by atoms with Crippen molar-refractivity contribution in [3.05, 3.63) is 47.5 Å². The molecule has 25 unspecified atom stereocenters. The van der Waals surface area contributed by atoms with E-state index in [1.165, 1.54) is 63.0 Å². The van der Waals surface area contributed by atoms with Crippen LogP contribution in [-0.2, 0) is 117 Å². The molecule has 0 saturated carbocycles. The minimum atomic E-state index is -2.12. The zero-order valence-corrected chi connectivity index (χ0v) is 79.0. The third kappa shape index (κ3) is 26.5. The van der Waals surface area contributed by atoms with E-state index in [1.807, 2.05) is 0 Å². The number of nitrogens with zero attached hydrogens (tertiary/aromatic N) is 2. The lowest BCUT2D eigenvalue weighted by atomic mass is 9.89. The number of aromatic hydroxyl groups is 4. The van der Waals surface area contributed by atoms with Crippen molar-refractivity contribution in [3.63, 3.8) is 0 Å². The predicted molar refractivity (Wildman–Crippen MR) is 475 cm³/mol. The van der Waals surface area contributed by atoms with Crippen LogP contribution in [0.25, 0.3) is 0 Å². The molecule has 10 heterocycles. The molecule has 2 amide bonds. The van der Waals surface area contributed by atoms with Crippen LogP contribution in [0.2, 0.25) is 0 Å². The first-order chi connectivity index (χ1) is 68.3. The zero-order chi connectivity index (χ0) is 104. The number of carbonyl (C=O) groups excluding carboxylic acids is 2. The number of phenolic OH excluding ortho intramolecular Hbond substituents is 4. The van der Waals surface area contributed by atoms with Crippen molar-refractivity contribution in [2.75, 3.05) is 80.3 Å². The molecule has 10 aliphatic heterocycles. The van der Waals surface area contributed by atoms with Crippen LogP contribution in [-0.4, -0.2) is 521 Å². The van der Waals surface area contributed by atoms with Gasteiger partial charge in [-0.1, -0.05) is 26.0 Å². The molecule has 36 N–H and O–H groups in total. The van der Waals surface area contributed by atoms with Gasteiger partial charge in [-0.2, -0.15) is 0 Å². The molecule has 50 atom stereocenters. The number of carbonyl (C=O) groups is 2. The fraction of sp³-hybridized carbons (Fsp3) is 0.816. The highest BCUT2D eigenvalue weighted by atomic mass is 16.8. The Morgan fingerprint density at radius 3 is 0.881 bits per heavy atom. The van der Waals surface area contributed by atoms with E-state index in [1.54, 1.807) is 13.8 Å². The molecule has 10 aliphatic rings. The van der Waals surface area contributed by atoms with Crippen molar-refractivity contribution in [1.29, 1.82) is 0 Å². The van der Waals surface area contributed by atoms with E-state index >= 15 is 0 Å². The quantitative estimate of drug-likeness (QED) is 0.0167. The minimum Gasteiger partial charge on any atom is -0.504 e. The summed E-state index contributed by atoms with van der Waals surface area (Å²) in [7, 11) is 2.44. The Kier molecular flexibility index (Phi) is 42.7.